The average molecular weight is 456 g/mol. The molecule has 5 rings (SSSR count). The van der Waals surface area contributed by atoms with Gasteiger partial charge in [-0.2, -0.15) is 0 Å². The first-order valence-corrected chi connectivity index (χ1v) is 12.5. The molecule has 0 saturated heterocycles. The van der Waals surface area contributed by atoms with Gasteiger partial charge in [0.2, 0.25) is 11.8 Å². The summed E-state index contributed by atoms with van der Waals surface area (Å²) in [6, 6.07) is 9.57. The van der Waals surface area contributed by atoms with Crippen LogP contribution in [0.15, 0.2) is 35.2 Å². The molecule has 2 aromatic rings. The predicted molar refractivity (Wildman–Crippen MR) is 126 cm³/mol. The van der Waals surface area contributed by atoms with Crippen LogP contribution in [0.4, 0.5) is 10.1 Å². The van der Waals surface area contributed by atoms with Crippen LogP contribution in [0.2, 0.25) is 0 Å². The van der Waals surface area contributed by atoms with Crippen molar-refractivity contribution in [3.05, 3.63) is 36.1 Å². The van der Waals surface area contributed by atoms with Crippen LogP contribution in [-0.4, -0.2) is 41.3 Å². The van der Waals surface area contributed by atoms with Crippen molar-refractivity contribution >= 4 is 40.0 Å². The van der Waals surface area contributed by atoms with Crippen LogP contribution >= 0.6 is 11.8 Å². The Balaban J connectivity index is 1.38. The van der Waals surface area contributed by atoms with Gasteiger partial charge in [-0.15, -0.1) is 0 Å². The number of benzene rings is 2. The highest BCUT2D eigenvalue weighted by Gasteiger charge is 2.40. The fourth-order valence-corrected chi connectivity index (χ4v) is 7.00. The number of hydrogen-bond acceptors (Lipinski definition) is 4. The number of fused-ring (bicyclic) bond motifs is 3. The number of anilines is 1. The summed E-state index contributed by atoms with van der Waals surface area (Å²) in [5.74, 6) is -0.173. The van der Waals surface area contributed by atoms with Crippen LogP contribution in [0, 0.1) is 11.7 Å². The van der Waals surface area contributed by atoms with E-state index in [1.54, 1.807) is 29.7 Å². The number of hydrogen-bond donors (Lipinski definition) is 1. The minimum atomic E-state index is -0.232. The highest BCUT2D eigenvalue weighted by atomic mass is 32.2. The van der Waals surface area contributed by atoms with E-state index in [1.165, 1.54) is 18.9 Å². The van der Waals surface area contributed by atoms with E-state index in [1.807, 2.05) is 19.2 Å². The van der Waals surface area contributed by atoms with Gasteiger partial charge in [0.25, 0.3) is 0 Å². The van der Waals surface area contributed by atoms with E-state index >= 15 is 0 Å². The number of halogens is 1. The maximum absolute atomic E-state index is 13.8. The molecule has 3 atom stereocenters. The molecular weight excluding hydrogens is 425 g/mol. The molecule has 2 aliphatic carbocycles. The number of nitrogens with one attached hydrogen (secondary N) is 1. The van der Waals surface area contributed by atoms with Crippen LogP contribution in [0.5, 0.6) is 0 Å². The predicted octanol–water partition coefficient (Wildman–Crippen LogP) is 4.88. The summed E-state index contributed by atoms with van der Waals surface area (Å²) in [6.45, 7) is 1.58. The first-order chi connectivity index (χ1) is 15.4. The minimum absolute atomic E-state index is 0.0496. The second-order valence-corrected chi connectivity index (χ2v) is 10.5. The highest BCUT2D eigenvalue weighted by molar-refractivity contribution is 8.00. The normalized spacial score (nSPS) is 25.3. The van der Waals surface area contributed by atoms with Crippen molar-refractivity contribution in [3.63, 3.8) is 0 Å². The smallest absolute Gasteiger partial charge is 0.225 e. The van der Waals surface area contributed by atoms with Crippen molar-refractivity contribution in [2.75, 3.05) is 11.9 Å². The third kappa shape index (κ3) is 3.85. The molecule has 1 unspecified atom stereocenters. The van der Waals surface area contributed by atoms with Gasteiger partial charge >= 0.3 is 0 Å². The summed E-state index contributed by atoms with van der Waals surface area (Å²) in [5.41, 5.74) is 0.993. The first kappa shape index (κ1) is 21.6. The van der Waals surface area contributed by atoms with Crippen molar-refractivity contribution in [1.82, 2.24) is 10.2 Å². The van der Waals surface area contributed by atoms with Crippen LogP contribution < -0.4 is 10.2 Å². The molecular formula is C25H30FN3O2S. The monoisotopic (exact) mass is 455 g/mol. The number of carbonyl (C=O) groups is 2. The van der Waals surface area contributed by atoms with Gasteiger partial charge in [-0.3, -0.25) is 9.59 Å². The van der Waals surface area contributed by atoms with E-state index < -0.39 is 0 Å². The third-order valence-electron chi connectivity index (χ3n) is 7.48. The maximum atomic E-state index is 13.8. The summed E-state index contributed by atoms with van der Waals surface area (Å²) < 4.78 is 13.8. The second kappa shape index (κ2) is 8.58. The molecule has 0 spiro atoms. The lowest BCUT2D eigenvalue weighted by Crippen LogP contribution is -2.49. The molecule has 2 amide bonds. The van der Waals surface area contributed by atoms with Crippen molar-refractivity contribution in [2.45, 2.75) is 74.3 Å². The quantitative estimate of drug-likeness (QED) is 0.714. The van der Waals surface area contributed by atoms with Crippen molar-refractivity contribution < 1.29 is 14.0 Å². The molecule has 1 aliphatic heterocycles. The largest absolute Gasteiger partial charge is 0.343 e. The zero-order chi connectivity index (χ0) is 22.4. The van der Waals surface area contributed by atoms with Gasteiger partial charge in [0, 0.05) is 36.9 Å². The lowest BCUT2D eigenvalue weighted by atomic mass is 10.1. The van der Waals surface area contributed by atoms with Gasteiger partial charge in [-0.05, 0) is 61.1 Å². The molecule has 0 radical (unpaired) electrons. The van der Waals surface area contributed by atoms with Crippen LogP contribution in [0.1, 0.15) is 51.9 Å². The fraction of sp³-hybridized carbons (Fsp3) is 0.520. The van der Waals surface area contributed by atoms with Crippen molar-refractivity contribution in [1.29, 1.82) is 0 Å². The first-order valence-electron chi connectivity index (χ1n) is 11.6. The number of rotatable bonds is 4. The summed E-state index contributed by atoms with van der Waals surface area (Å²) in [7, 11) is 1.83. The van der Waals surface area contributed by atoms with Crippen molar-refractivity contribution in [3.8, 4) is 0 Å². The third-order valence-corrected chi connectivity index (χ3v) is 8.71. The molecule has 5 nitrogen and oxygen atoms in total. The van der Waals surface area contributed by atoms with E-state index in [0.717, 1.165) is 53.5 Å². The molecule has 1 N–H and O–H groups in total. The summed E-state index contributed by atoms with van der Waals surface area (Å²) in [4.78, 5) is 30.3. The second-order valence-electron chi connectivity index (χ2n) is 9.40. The zero-order valence-electron chi connectivity index (χ0n) is 18.6. The van der Waals surface area contributed by atoms with Crippen LogP contribution in [0.3, 0.4) is 0 Å². The molecule has 3 aliphatic rings. The lowest BCUT2D eigenvalue weighted by molar-refractivity contribution is -0.130. The van der Waals surface area contributed by atoms with Gasteiger partial charge in [0.15, 0.2) is 5.50 Å². The summed E-state index contributed by atoms with van der Waals surface area (Å²) in [5, 5.41) is 5.26. The number of nitrogens with zero attached hydrogens (tertiary/aromatic N) is 2. The Labute approximate surface area is 192 Å². The Hall–Kier alpha value is -2.28. The molecule has 2 saturated carbocycles. The molecule has 2 aromatic carbocycles. The molecule has 0 aromatic heterocycles. The summed E-state index contributed by atoms with van der Waals surface area (Å²) in [6.07, 6.45) is 7.08. The lowest BCUT2D eigenvalue weighted by Gasteiger charge is -2.33. The van der Waals surface area contributed by atoms with Gasteiger partial charge in [0.05, 0.1) is 5.69 Å². The SMILES string of the molecule is CC(=O)N(C)[C@@H]1CC[C@H](C(=O)NC2Sc3c(ccc4cc(F)ccc34)N2C2CCCC2)C1. The highest BCUT2D eigenvalue weighted by Crippen LogP contribution is 2.49. The summed E-state index contributed by atoms with van der Waals surface area (Å²) >= 11 is 1.67. The molecule has 32 heavy (non-hydrogen) atoms. The van der Waals surface area contributed by atoms with Gasteiger partial charge in [-0.1, -0.05) is 36.7 Å². The molecule has 1 heterocycles. The number of amides is 2. The Kier molecular flexibility index (Phi) is 5.78. The Morgan fingerprint density at radius 2 is 1.91 bits per heavy atom. The van der Waals surface area contributed by atoms with Gasteiger partial charge in [0.1, 0.15) is 5.82 Å². The Bertz CT molecular complexity index is 1050. The number of thioether (sulfide) groups is 1. The molecule has 0 bridgehead atoms. The standard InChI is InChI=1S/C25H30FN3O2S/c1-15(30)28(2)20-10-7-17(14-20)24(31)27-25-29(19-5-3-4-6-19)22-12-8-16-13-18(26)9-11-21(16)23(22)32-25/h8-9,11-13,17,19-20,25H,3-7,10,14H2,1-2H3,(H,27,31)/t17-,20+,25?/m0/s1. The minimum Gasteiger partial charge on any atom is -0.343 e. The Morgan fingerprint density at radius 3 is 2.66 bits per heavy atom. The van der Waals surface area contributed by atoms with E-state index in [2.05, 4.69) is 16.3 Å². The maximum Gasteiger partial charge on any atom is 0.225 e. The van der Waals surface area contributed by atoms with Crippen molar-refractivity contribution in [2.24, 2.45) is 5.92 Å². The van der Waals surface area contributed by atoms with E-state index in [9.17, 15) is 14.0 Å². The molecule has 7 heteroatoms. The fourth-order valence-electron chi connectivity index (χ4n) is 5.60. The van der Waals surface area contributed by atoms with Gasteiger partial charge < -0.3 is 15.1 Å². The van der Waals surface area contributed by atoms with E-state index in [4.69, 9.17) is 0 Å². The van der Waals surface area contributed by atoms with Crippen LogP contribution in [0.25, 0.3) is 10.8 Å². The average Bonchev–Trinajstić information content (AvgIpc) is 3.51. The van der Waals surface area contributed by atoms with Crippen LogP contribution in [-0.2, 0) is 9.59 Å². The zero-order valence-corrected chi connectivity index (χ0v) is 19.5. The molecule has 170 valence electrons. The van der Waals surface area contributed by atoms with E-state index in [0.29, 0.717) is 6.04 Å². The van der Waals surface area contributed by atoms with Gasteiger partial charge in [-0.25, -0.2) is 4.39 Å². The van der Waals surface area contributed by atoms with E-state index in [-0.39, 0.29) is 35.1 Å². The molecule has 2 fully saturated rings. The number of carbonyl (C=O) groups excluding carboxylic acids is 2. The topological polar surface area (TPSA) is 52.7 Å². The Morgan fingerprint density at radius 1 is 1.12 bits per heavy atom.